The number of amides is 2. The molecule has 32 heavy (non-hydrogen) atoms. The van der Waals surface area contributed by atoms with E-state index >= 15 is 0 Å². The molecule has 0 atom stereocenters. The van der Waals surface area contributed by atoms with Gasteiger partial charge in [-0.25, -0.2) is 4.98 Å². The van der Waals surface area contributed by atoms with Crippen LogP contribution < -0.4 is 15.5 Å². The van der Waals surface area contributed by atoms with Gasteiger partial charge in [0.15, 0.2) is 0 Å². The smallest absolute Gasteiger partial charge is 0.253 e. The molecule has 2 heterocycles. The molecule has 7 nitrogen and oxygen atoms in total. The highest BCUT2D eigenvalue weighted by Crippen LogP contribution is 2.16. The summed E-state index contributed by atoms with van der Waals surface area (Å²) in [4.78, 5) is 34.1. The third-order valence-corrected chi connectivity index (χ3v) is 5.45. The number of nitrogens with one attached hydrogen (secondary N) is 2. The van der Waals surface area contributed by atoms with E-state index in [-0.39, 0.29) is 18.4 Å². The van der Waals surface area contributed by atoms with E-state index < -0.39 is 0 Å². The Morgan fingerprint density at radius 1 is 0.844 bits per heavy atom. The molecule has 4 rings (SSSR count). The molecule has 2 amide bonds. The molecule has 1 fully saturated rings. The average molecular weight is 430 g/mol. The summed E-state index contributed by atoms with van der Waals surface area (Å²) in [6.45, 7) is 3.93. The van der Waals surface area contributed by atoms with E-state index in [9.17, 15) is 9.59 Å². The van der Waals surface area contributed by atoms with Crippen molar-refractivity contribution in [2.75, 3.05) is 42.9 Å². The predicted molar refractivity (Wildman–Crippen MR) is 126 cm³/mol. The van der Waals surface area contributed by atoms with Crippen molar-refractivity contribution in [3.05, 3.63) is 90.1 Å². The van der Waals surface area contributed by atoms with Crippen LogP contribution in [0.15, 0.2) is 79.0 Å². The van der Waals surface area contributed by atoms with Crippen molar-refractivity contribution >= 4 is 23.3 Å². The third-order valence-electron chi connectivity index (χ3n) is 5.45. The minimum atomic E-state index is -0.214. The van der Waals surface area contributed by atoms with Crippen LogP contribution in [0.25, 0.3) is 0 Å². The number of rotatable bonds is 7. The van der Waals surface area contributed by atoms with Crippen LogP contribution in [0, 0.1) is 0 Å². The lowest BCUT2D eigenvalue weighted by Crippen LogP contribution is -2.49. The average Bonchev–Trinajstić information content (AvgIpc) is 2.84. The first-order valence-electron chi connectivity index (χ1n) is 10.8. The van der Waals surface area contributed by atoms with Crippen molar-refractivity contribution < 1.29 is 9.59 Å². The minimum absolute atomic E-state index is 0.125. The van der Waals surface area contributed by atoms with Crippen molar-refractivity contribution in [1.82, 2.24) is 15.2 Å². The van der Waals surface area contributed by atoms with Crippen LogP contribution in [0.4, 0.5) is 11.5 Å². The van der Waals surface area contributed by atoms with Gasteiger partial charge in [0.1, 0.15) is 5.82 Å². The predicted octanol–water partition coefficient (Wildman–Crippen LogP) is 2.77. The van der Waals surface area contributed by atoms with E-state index in [1.165, 1.54) is 0 Å². The zero-order chi connectivity index (χ0) is 22.2. The number of piperazine rings is 1. The van der Waals surface area contributed by atoms with Crippen LogP contribution in [0.3, 0.4) is 0 Å². The van der Waals surface area contributed by atoms with E-state index in [1.54, 1.807) is 24.4 Å². The summed E-state index contributed by atoms with van der Waals surface area (Å²) in [7, 11) is 0. The Morgan fingerprint density at radius 3 is 2.31 bits per heavy atom. The molecule has 1 aliphatic heterocycles. The summed E-state index contributed by atoms with van der Waals surface area (Å²) in [6, 6.07) is 22.7. The van der Waals surface area contributed by atoms with Gasteiger partial charge in [0.25, 0.3) is 5.91 Å². The maximum absolute atomic E-state index is 12.7. The highest BCUT2D eigenvalue weighted by molar-refractivity contribution is 6.04. The normalized spacial score (nSPS) is 14.1. The highest BCUT2D eigenvalue weighted by atomic mass is 16.2. The first kappa shape index (κ1) is 21.5. The van der Waals surface area contributed by atoms with E-state index in [0.29, 0.717) is 17.8 Å². The number of anilines is 2. The maximum atomic E-state index is 12.7. The molecule has 0 aliphatic carbocycles. The molecule has 3 aromatic rings. The van der Waals surface area contributed by atoms with E-state index in [2.05, 4.69) is 25.4 Å². The van der Waals surface area contributed by atoms with Gasteiger partial charge < -0.3 is 15.5 Å². The zero-order valence-corrected chi connectivity index (χ0v) is 17.9. The van der Waals surface area contributed by atoms with Crippen molar-refractivity contribution in [2.45, 2.75) is 6.54 Å². The number of carbonyl (C=O) groups is 2. The molecular formula is C25H27N5O2. The second-order valence-corrected chi connectivity index (χ2v) is 7.71. The largest absolute Gasteiger partial charge is 0.354 e. The molecule has 1 aromatic heterocycles. The Labute approximate surface area is 188 Å². The van der Waals surface area contributed by atoms with Gasteiger partial charge in [-0.05, 0) is 29.8 Å². The number of aromatic nitrogens is 1. The van der Waals surface area contributed by atoms with E-state index in [4.69, 9.17) is 0 Å². The number of pyridine rings is 1. The Balaban J connectivity index is 1.29. The summed E-state index contributed by atoms with van der Waals surface area (Å²) in [6.07, 6.45) is 1.79. The monoisotopic (exact) mass is 429 g/mol. The lowest BCUT2D eigenvalue weighted by molar-refractivity contribution is -0.117. The standard InChI is InChI=1S/C25H27N5O2/c31-24(19-29-14-16-30(17-15-29)23-12-6-7-13-26-23)28-22-11-5-4-10-21(22)25(32)27-18-20-8-2-1-3-9-20/h1-13H,14-19H2,(H,27,32)(H,28,31). The number of benzene rings is 2. The van der Waals surface area contributed by atoms with Crippen LogP contribution in [-0.2, 0) is 11.3 Å². The van der Waals surface area contributed by atoms with Gasteiger partial charge in [-0.2, -0.15) is 0 Å². The van der Waals surface area contributed by atoms with Crippen LogP contribution in [-0.4, -0.2) is 54.4 Å². The SMILES string of the molecule is O=C(CN1CCN(c2ccccn2)CC1)Nc1ccccc1C(=O)NCc1ccccc1. The van der Waals surface area contributed by atoms with Gasteiger partial charge in [0, 0.05) is 38.9 Å². The molecule has 0 saturated carbocycles. The molecule has 1 saturated heterocycles. The summed E-state index contributed by atoms with van der Waals surface area (Å²) in [5.41, 5.74) is 2.00. The topological polar surface area (TPSA) is 77.6 Å². The third kappa shape index (κ3) is 5.70. The Morgan fingerprint density at radius 2 is 1.56 bits per heavy atom. The summed E-state index contributed by atoms with van der Waals surface area (Å²) >= 11 is 0. The lowest BCUT2D eigenvalue weighted by Gasteiger charge is -2.34. The number of para-hydroxylation sites is 1. The fraction of sp³-hybridized carbons (Fsp3) is 0.240. The highest BCUT2D eigenvalue weighted by Gasteiger charge is 2.20. The second-order valence-electron chi connectivity index (χ2n) is 7.71. The van der Waals surface area contributed by atoms with E-state index in [0.717, 1.165) is 37.6 Å². The van der Waals surface area contributed by atoms with Crippen molar-refractivity contribution in [3.63, 3.8) is 0 Å². The molecule has 0 spiro atoms. The first-order chi connectivity index (χ1) is 15.7. The molecule has 1 aliphatic rings. The van der Waals surface area contributed by atoms with Gasteiger partial charge in [0.05, 0.1) is 17.8 Å². The Kier molecular flexibility index (Phi) is 7.09. The summed E-state index contributed by atoms with van der Waals surface area (Å²) < 4.78 is 0. The maximum Gasteiger partial charge on any atom is 0.253 e. The molecule has 0 unspecified atom stereocenters. The fourth-order valence-corrected chi connectivity index (χ4v) is 3.73. The molecule has 7 heteroatoms. The fourth-order valence-electron chi connectivity index (χ4n) is 3.73. The second kappa shape index (κ2) is 10.5. The van der Waals surface area contributed by atoms with Gasteiger partial charge >= 0.3 is 0 Å². The quantitative estimate of drug-likeness (QED) is 0.604. The van der Waals surface area contributed by atoms with Crippen LogP contribution >= 0.6 is 0 Å². The van der Waals surface area contributed by atoms with E-state index in [1.807, 2.05) is 54.6 Å². The van der Waals surface area contributed by atoms with Gasteiger partial charge in [-0.15, -0.1) is 0 Å². The lowest BCUT2D eigenvalue weighted by atomic mass is 10.1. The minimum Gasteiger partial charge on any atom is -0.354 e. The first-order valence-corrected chi connectivity index (χ1v) is 10.8. The molecule has 2 N–H and O–H groups in total. The molecule has 164 valence electrons. The van der Waals surface area contributed by atoms with Gasteiger partial charge in [-0.3, -0.25) is 14.5 Å². The molecule has 2 aromatic carbocycles. The summed E-state index contributed by atoms with van der Waals surface area (Å²) in [5, 5.41) is 5.83. The summed E-state index contributed by atoms with van der Waals surface area (Å²) in [5.74, 6) is 0.625. The number of nitrogens with zero attached hydrogens (tertiary/aromatic N) is 3. The Bertz CT molecular complexity index is 1030. The van der Waals surface area contributed by atoms with Crippen molar-refractivity contribution in [3.8, 4) is 0 Å². The Hall–Kier alpha value is -3.71. The van der Waals surface area contributed by atoms with Crippen molar-refractivity contribution in [2.24, 2.45) is 0 Å². The van der Waals surface area contributed by atoms with Crippen LogP contribution in [0.2, 0.25) is 0 Å². The number of carbonyl (C=O) groups excluding carboxylic acids is 2. The number of hydrogen-bond acceptors (Lipinski definition) is 5. The molecular weight excluding hydrogens is 402 g/mol. The van der Waals surface area contributed by atoms with Crippen LogP contribution in [0.5, 0.6) is 0 Å². The van der Waals surface area contributed by atoms with Gasteiger partial charge in [0.2, 0.25) is 5.91 Å². The molecule has 0 radical (unpaired) electrons. The zero-order valence-electron chi connectivity index (χ0n) is 17.9. The number of hydrogen-bond donors (Lipinski definition) is 2. The van der Waals surface area contributed by atoms with Crippen LogP contribution in [0.1, 0.15) is 15.9 Å². The van der Waals surface area contributed by atoms with Crippen molar-refractivity contribution in [1.29, 1.82) is 0 Å². The van der Waals surface area contributed by atoms with Gasteiger partial charge in [-0.1, -0.05) is 48.5 Å². The molecule has 0 bridgehead atoms.